The van der Waals surface area contributed by atoms with E-state index in [1.165, 1.54) is 23.5 Å². The Balaban J connectivity index is 1.66. The summed E-state index contributed by atoms with van der Waals surface area (Å²) in [7, 11) is -3.01. The largest absolute Gasteiger partial charge is 0.489 e. The first-order valence-corrected chi connectivity index (χ1v) is 13.9. The molecule has 7 heteroatoms. The van der Waals surface area contributed by atoms with Gasteiger partial charge in [0.15, 0.2) is 0 Å². The van der Waals surface area contributed by atoms with Crippen molar-refractivity contribution >= 4 is 9.84 Å². The van der Waals surface area contributed by atoms with Gasteiger partial charge in [0, 0.05) is 29.6 Å². The summed E-state index contributed by atoms with van der Waals surface area (Å²) in [4.78, 5) is 4.33. The summed E-state index contributed by atoms with van der Waals surface area (Å²) in [5, 5.41) is 0. The molecule has 1 atom stereocenters. The Labute approximate surface area is 208 Å². The summed E-state index contributed by atoms with van der Waals surface area (Å²) in [6.07, 6.45) is 9.44. The minimum atomic E-state index is -3.01. The smallest absolute Gasteiger partial charge is 0.213 e. The Kier molecular flexibility index (Phi) is 8.89. The third kappa shape index (κ3) is 7.79. The Morgan fingerprint density at radius 2 is 2.00 bits per heavy atom. The highest BCUT2D eigenvalue weighted by atomic mass is 32.2. The van der Waals surface area contributed by atoms with E-state index in [0.29, 0.717) is 29.5 Å². The molecule has 0 radical (unpaired) electrons. The summed E-state index contributed by atoms with van der Waals surface area (Å²) < 4.78 is 48.4. The predicted molar refractivity (Wildman–Crippen MR) is 138 cm³/mol. The van der Waals surface area contributed by atoms with Gasteiger partial charge in [-0.2, -0.15) is 0 Å². The molecule has 1 aliphatic carbocycles. The molecule has 1 aromatic heterocycles. The van der Waals surface area contributed by atoms with E-state index in [2.05, 4.69) is 24.6 Å². The highest BCUT2D eigenvalue weighted by Crippen LogP contribution is 2.35. The van der Waals surface area contributed by atoms with Crippen molar-refractivity contribution in [2.75, 3.05) is 18.6 Å². The highest BCUT2D eigenvalue weighted by Gasteiger charge is 2.20. The Bertz CT molecular complexity index is 1250. The van der Waals surface area contributed by atoms with Crippen LogP contribution in [0.1, 0.15) is 44.2 Å². The van der Waals surface area contributed by atoms with E-state index < -0.39 is 9.84 Å². The molecule has 0 bridgehead atoms. The number of aromatic nitrogens is 1. The molecular weight excluding hydrogens is 465 g/mol. The molecule has 0 aliphatic heterocycles. The normalized spacial score (nSPS) is 18.3. The first kappa shape index (κ1) is 26.7. The molecule has 1 fully saturated rings. The summed E-state index contributed by atoms with van der Waals surface area (Å²) in [6, 6.07) is 6.71. The zero-order chi connectivity index (χ0) is 25.6. The summed E-state index contributed by atoms with van der Waals surface area (Å²) in [5.74, 6) is 1.29. The second-order valence-corrected chi connectivity index (χ2v) is 11.5. The monoisotopic (exact) mass is 499 g/mol. The average molecular weight is 500 g/mol. The quantitative estimate of drug-likeness (QED) is 0.282. The Hall–Kier alpha value is -2.93. The number of benzene rings is 1. The molecule has 0 amide bonds. The second-order valence-electron chi connectivity index (χ2n) is 9.23. The first-order valence-electron chi connectivity index (χ1n) is 11.8. The topological polar surface area (TPSA) is 65.5 Å². The lowest BCUT2D eigenvalue weighted by molar-refractivity contribution is 0.208. The molecule has 1 aromatic carbocycles. The van der Waals surface area contributed by atoms with Gasteiger partial charge < -0.3 is 9.47 Å². The van der Waals surface area contributed by atoms with Crippen molar-refractivity contribution in [1.29, 1.82) is 0 Å². The van der Waals surface area contributed by atoms with Gasteiger partial charge in [0.2, 0.25) is 5.88 Å². The van der Waals surface area contributed by atoms with Crippen LogP contribution in [0.25, 0.3) is 11.1 Å². The molecule has 1 heterocycles. The molecule has 1 aliphatic rings. The molecule has 35 heavy (non-hydrogen) atoms. The van der Waals surface area contributed by atoms with E-state index in [4.69, 9.17) is 9.47 Å². The molecule has 5 nitrogen and oxygen atoms in total. The predicted octanol–water partition coefficient (Wildman–Crippen LogP) is 6.34. The van der Waals surface area contributed by atoms with Gasteiger partial charge in [-0.1, -0.05) is 25.6 Å². The van der Waals surface area contributed by atoms with Crippen LogP contribution in [0, 0.1) is 18.7 Å². The minimum Gasteiger partial charge on any atom is -0.489 e. The fourth-order valence-electron chi connectivity index (χ4n) is 4.21. The van der Waals surface area contributed by atoms with Crippen molar-refractivity contribution in [3.05, 3.63) is 83.0 Å². The summed E-state index contributed by atoms with van der Waals surface area (Å²) >= 11 is 0. The fourth-order valence-corrected chi connectivity index (χ4v) is 4.85. The van der Waals surface area contributed by atoms with Crippen molar-refractivity contribution in [2.24, 2.45) is 5.92 Å². The number of hydrogen-bond acceptors (Lipinski definition) is 5. The number of halogens is 1. The lowest BCUT2D eigenvalue weighted by Crippen LogP contribution is -2.08. The number of ether oxygens (including phenoxy) is 2. The first-order chi connectivity index (χ1) is 16.6. The maximum absolute atomic E-state index is 14.5. The third-order valence-corrected chi connectivity index (χ3v) is 7.03. The molecule has 188 valence electrons. The van der Waals surface area contributed by atoms with Crippen LogP contribution in [0.15, 0.2) is 66.1 Å². The number of sulfone groups is 1. The van der Waals surface area contributed by atoms with E-state index in [9.17, 15) is 12.8 Å². The van der Waals surface area contributed by atoms with E-state index in [-0.39, 0.29) is 24.8 Å². The van der Waals surface area contributed by atoms with Gasteiger partial charge in [0.25, 0.3) is 0 Å². The average Bonchev–Trinajstić information content (AvgIpc) is 3.14. The van der Waals surface area contributed by atoms with Gasteiger partial charge in [0.05, 0.1) is 12.4 Å². The van der Waals surface area contributed by atoms with Crippen LogP contribution >= 0.6 is 0 Å². The van der Waals surface area contributed by atoms with Crippen LogP contribution in [0.4, 0.5) is 4.39 Å². The van der Waals surface area contributed by atoms with Crippen molar-refractivity contribution in [3.8, 4) is 17.0 Å². The number of nitrogens with zero attached hydrogens (tertiary/aromatic N) is 1. The van der Waals surface area contributed by atoms with Crippen molar-refractivity contribution < 1.29 is 22.3 Å². The molecule has 0 saturated heterocycles. The van der Waals surface area contributed by atoms with Crippen LogP contribution in [0.3, 0.4) is 0 Å². The molecule has 0 spiro atoms. The zero-order valence-electron chi connectivity index (χ0n) is 20.9. The maximum atomic E-state index is 14.5. The SMILES string of the molecule is C=C(/C=C1/CC(C)C/C1=C/C)OCc1cc(-c2cnc(OCCCS(C)(=O)=O)cc2C)ccc1F. The summed E-state index contributed by atoms with van der Waals surface area (Å²) in [5.41, 5.74) is 5.59. The lowest BCUT2D eigenvalue weighted by atomic mass is 10.0. The number of allylic oxidation sites excluding steroid dienone is 4. The van der Waals surface area contributed by atoms with Crippen LogP contribution < -0.4 is 4.74 Å². The lowest BCUT2D eigenvalue weighted by Gasteiger charge is -2.12. The summed E-state index contributed by atoms with van der Waals surface area (Å²) in [6.45, 7) is 10.5. The van der Waals surface area contributed by atoms with Crippen LogP contribution in [-0.4, -0.2) is 32.0 Å². The van der Waals surface area contributed by atoms with Gasteiger partial charge in [0.1, 0.15) is 28.0 Å². The van der Waals surface area contributed by atoms with Crippen LogP contribution in [0.2, 0.25) is 0 Å². The maximum Gasteiger partial charge on any atom is 0.213 e. The number of hydrogen-bond donors (Lipinski definition) is 0. The van der Waals surface area contributed by atoms with E-state index in [0.717, 1.165) is 29.5 Å². The zero-order valence-corrected chi connectivity index (χ0v) is 21.8. The van der Waals surface area contributed by atoms with Crippen LogP contribution in [0.5, 0.6) is 5.88 Å². The fraction of sp³-hybridized carbons (Fsp3) is 0.393. The molecular formula is C28H34FNO4S. The third-order valence-electron chi connectivity index (χ3n) is 6.00. The Morgan fingerprint density at radius 1 is 1.26 bits per heavy atom. The number of aryl methyl sites for hydroxylation is 1. The van der Waals surface area contributed by atoms with E-state index in [1.54, 1.807) is 24.4 Å². The Morgan fingerprint density at radius 3 is 2.69 bits per heavy atom. The molecule has 3 rings (SSSR count). The highest BCUT2D eigenvalue weighted by molar-refractivity contribution is 7.90. The van der Waals surface area contributed by atoms with Crippen molar-refractivity contribution in [2.45, 2.75) is 46.6 Å². The van der Waals surface area contributed by atoms with E-state index in [1.807, 2.05) is 19.9 Å². The van der Waals surface area contributed by atoms with Gasteiger partial charge in [-0.25, -0.2) is 17.8 Å². The van der Waals surface area contributed by atoms with Gasteiger partial charge >= 0.3 is 0 Å². The van der Waals surface area contributed by atoms with Gasteiger partial charge in [-0.05, 0) is 79.5 Å². The van der Waals surface area contributed by atoms with Crippen LogP contribution in [-0.2, 0) is 21.2 Å². The van der Waals surface area contributed by atoms with Crippen molar-refractivity contribution in [3.63, 3.8) is 0 Å². The van der Waals surface area contributed by atoms with Crippen molar-refractivity contribution in [1.82, 2.24) is 4.98 Å². The minimum absolute atomic E-state index is 0.0730. The second kappa shape index (κ2) is 11.7. The molecule has 1 saturated carbocycles. The number of rotatable bonds is 10. The van der Waals surface area contributed by atoms with Gasteiger partial charge in [-0.3, -0.25) is 0 Å². The molecule has 2 aromatic rings. The standard InChI is InChI=1S/C28H34FNO4S/c1-6-22-12-19(2)13-24(22)15-21(4)34-18-25-16-23(8-9-27(25)29)26-17-30-28(14-20(26)3)33-10-7-11-35(5,31)32/h6,8-9,14-17,19H,4,7,10-13,18H2,1-3,5H3/b22-6-,24-15-. The van der Waals surface area contributed by atoms with Gasteiger partial charge in [-0.15, -0.1) is 0 Å². The number of pyridine rings is 1. The van der Waals surface area contributed by atoms with E-state index >= 15 is 0 Å². The molecule has 1 unspecified atom stereocenters. The molecule has 0 N–H and O–H groups in total.